The molecular weight excluding hydrogens is 748 g/mol. The van der Waals surface area contributed by atoms with Gasteiger partial charge in [0.05, 0.1) is 59.1 Å². The molecule has 4 amide bonds. The Balaban J connectivity index is 0.000000177. The molecule has 16 heteroatoms. The van der Waals surface area contributed by atoms with Gasteiger partial charge in [-0.3, -0.25) is 19.6 Å². The van der Waals surface area contributed by atoms with Gasteiger partial charge in [0.1, 0.15) is 24.7 Å². The summed E-state index contributed by atoms with van der Waals surface area (Å²) in [6, 6.07) is 11.7. The van der Waals surface area contributed by atoms with Crippen LogP contribution in [0.2, 0.25) is 0 Å². The van der Waals surface area contributed by atoms with Crippen LogP contribution in [0.25, 0.3) is 0 Å². The van der Waals surface area contributed by atoms with E-state index in [0.717, 1.165) is 32.3 Å². The predicted octanol–water partition coefficient (Wildman–Crippen LogP) is 4.25. The third kappa shape index (κ3) is 7.07. The van der Waals surface area contributed by atoms with Crippen LogP contribution in [0.3, 0.4) is 0 Å². The van der Waals surface area contributed by atoms with Crippen LogP contribution in [0.4, 0.5) is 21.0 Å². The molecule has 0 aliphatic carbocycles. The zero-order chi connectivity index (χ0) is 41.4. The van der Waals surface area contributed by atoms with Crippen molar-refractivity contribution in [3.05, 3.63) is 131 Å². The van der Waals surface area contributed by atoms with Gasteiger partial charge in [-0.15, -0.1) is 0 Å². The van der Waals surface area contributed by atoms with Gasteiger partial charge in [-0.25, -0.2) is 19.4 Å². The molecule has 58 heavy (non-hydrogen) atoms. The fraction of sp³-hybridized carbons (Fsp3) is 0.286. The Kier molecular flexibility index (Phi) is 10.9. The van der Waals surface area contributed by atoms with Crippen LogP contribution in [0.5, 0.6) is 11.5 Å². The summed E-state index contributed by atoms with van der Waals surface area (Å²) >= 11 is 0. The lowest BCUT2D eigenvalue weighted by Crippen LogP contribution is -2.55. The molecular formula is C42H42N6O10. The van der Waals surface area contributed by atoms with Gasteiger partial charge in [-0.05, 0) is 73.2 Å². The fourth-order valence-corrected chi connectivity index (χ4v) is 7.67. The molecule has 4 aromatic rings. The number of carbonyl (C=O) groups is 4. The minimum Gasteiger partial charge on any atom is -0.508 e. The summed E-state index contributed by atoms with van der Waals surface area (Å²) in [5, 5.41) is 42.7. The van der Waals surface area contributed by atoms with Crippen molar-refractivity contribution in [1.82, 2.24) is 19.8 Å². The van der Waals surface area contributed by atoms with E-state index in [1.807, 2.05) is 12.1 Å². The zero-order valence-electron chi connectivity index (χ0n) is 31.8. The van der Waals surface area contributed by atoms with Gasteiger partial charge >= 0.3 is 12.2 Å². The highest BCUT2D eigenvalue weighted by atomic mass is 16.6. The molecule has 4 atom stereocenters. The number of phenolic OH excluding ortho intramolecular Hbond substituents is 2. The summed E-state index contributed by atoms with van der Waals surface area (Å²) < 4.78 is 10.3. The van der Waals surface area contributed by atoms with E-state index >= 15 is 0 Å². The Morgan fingerprint density at radius 3 is 1.50 bits per heavy atom. The van der Waals surface area contributed by atoms with Gasteiger partial charge in [0.25, 0.3) is 11.8 Å². The van der Waals surface area contributed by atoms with E-state index in [0.29, 0.717) is 24.0 Å². The predicted molar refractivity (Wildman–Crippen MR) is 209 cm³/mol. The van der Waals surface area contributed by atoms with Crippen LogP contribution < -0.4 is 9.80 Å². The number of hydrogen-bond acceptors (Lipinski definition) is 12. The number of aromatic nitrogens is 2. The number of benzene rings is 2. The second-order valence-electron chi connectivity index (χ2n) is 14.2. The third-order valence-electron chi connectivity index (χ3n) is 10.7. The minimum atomic E-state index is -1.37. The highest BCUT2D eigenvalue weighted by molar-refractivity contribution is 6.06. The molecule has 0 saturated carbocycles. The van der Waals surface area contributed by atoms with Gasteiger partial charge in [-0.1, -0.05) is 37.4 Å². The molecule has 2 aromatic carbocycles. The van der Waals surface area contributed by atoms with E-state index < -0.39 is 36.7 Å². The largest absolute Gasteiger partial charge is 0.508 e. The Morgan fingerprint density at radius 2 is 1.12 bits per heavy atom. The summed E-state index contributed by atoms with van der Waals surface area (Å²) in [7, 11) is 0. The molecule has 2 unspecified atom stereocenters. The zero-order valence-corrected chi connectivity index (χ0v) is 31.8. The topological polar surface area (TPSA) is 206 Å². The molecule has 4 aliphatic heterocycles. The maximum atomic E-state index is 13.4. The second-order valence-corrected chi connectivity index (χ2v) is 14.2. The fourth-order valence-electron chi connectivity index (χ4n) is 7.67. The number of aliphatic hydroxyl groups excluding tert-OH is 2. The van der Waals surface area contributed by atoms with E-state index in [1.54, 1.807) is 38.4 Å². The highest BCUT2D eigenvalue weighted by Crippen LogP contribution is 2.40. The standard InChI is InChI=1S/2C21H21N3O5/c2*1-3-7-29-21(28)24-16-10-18(25)12(2)8-14(16)19(26)23-11-15-13(5-4-6-22-15)9-17(23)20(24)27/h2*3-6,8,10,17,20,25,27H,1,7,9,11H2,2H3/t2*17-,20?/m10/s1. The van der Waals surface area contributed by atoms with Gasteiger partial charge in [0.2, 0.25) is 0 Å². The molecule has 2 aromatic heterocycles. The molecule has 4 N–H and O–H groups in total. The van der Waals surface area contributed by atoms with Crippen LogP contribution in [0.1, 0.15) is 54.4 Å². The van der Waals surface area contributed by atoms with Crippen molar-refractivity contribution in [2.75, 3.05) is 23.0 Å². The van der Waals surface area contributed by atoms with E-state index in [4.69, 9.17) is 9.47 Å². The van der Waals surface area contributed by atoms with Crippen molar-refractivity contribution >= 4 is 35.4 Å². The van der Waals surface area contributed by atoms with Gasteiger partial charge < -0.3 is 39.7 Å². The lowest BCUT2D eigenvalue weighted by atomic mass is 9.96. The number of ether oxygens (including phenoxy) is 2. The quantitative estimate of drug-likeness (QED) is 0.214. The highest BCUT2D eigenvalue weighted by Gasteiger charge is 2.47. The number of rotatable bonds is 4. The normalized spacial score (nSPS) is 20.3. The summed E-state index contributed by atoms with van der Waals surface area (Å²) in [6.07, 6.45) is 2.43. The molecule has 8 rings (SSSR count). The van der Waals surface area contributed by atoms with Crippen LogP contribution in [0, 0.1) is 13.8 Å². The summed E-state index contributed by atoms with van der Waals surface area (Å²) in [5.41, 5.74) is 4.91. The van der Waals surface area contributed by atoms with Crippen molar-refractivity contribution in [3.8, 4) is 11.5 Å². The first-order valence-corrected chi connectivity index (χ1v) is 18.5. The molecule has 4 aliphatic rings. The van der Waals surface area contributed by atoms with Crippen molar-refractivity contribution in [2.24, 2.45) is 0 Å². The first-order valence-electron chi connectivity index (χ1n) is 18.5. The van der Waals surface area contributed by atoms with E-state index in [2.05, 4.69) is 23.1 Å². The Labute approximate surface area is 333 Å². The molecule has 0 radical (unpaired) electrons. The monoisotopic (exact) mass is 790 g/mol. The van der Waals surface area contributed by atoms with E-state index in [-0.39, 0.29) is 72.1 Å². The van der Waals surface area contributed by atoms with Crippen LogP contribution >= 0.6 is 0 Å². The van der Waals surface area contributed by atoms with Crippen LogP contribution in [0.15, 0.2) is 86.2 Å². The lowest BCUT2D eigenvalue weighted by Gasteiger charge is -2.39. The average Bonchev–Trinajstić information content (AvgIpc) is 3.35. The number of nitrogens with zero attached hydrogens (tertiary/aromatic N) is 6. The molecule has 6 heterocycles. The summed E-state index contributed by atoms with van der Waals surface area (Å²) in [6.45, 7) is 10.7. The maximum Gasteiger partial charge on any atom is 0.416 e. The number of aliphatic hydroxyl groups is 2. The minimum absolute atomic E-state index is 0.0513. The number of carbonyl (C=O) groups excluding carboxylic acids is 4. The van der Waals surface area contributed by atoms with Crippen molar-refractivity contribution in [2.45, 2.75) is 64.3 Å². The average molecular weight is 791 g/mol. The molecule has 0 bridgehead atoms. The van der Waals surface area contributed by atoms with Crippen molar-refractivity contribution < 1.29 is 49.1 Å². The smallest absolute Gasteiger partial charge is 0.416 e. The number of hydrogen-bond donors (Lipinski definition) is 4. The molecule has 16 nitrogen and oxygen atoms in total. The van der Waals surface area contributed by atoms with Crippen LogP contribution in [-0.4, -0.2) is 102 Å². The first kappa shape index (κ1) is 39.5. The van der Waals surface area contributed by atoms with E-state index in [1.165, 1.54) is 46.2 Å². The Bertz CT molecular complexity index is 2170. The number of phenols is 2. The van der Waals surface area contributed by atoms with E-state index in [9.17, 15) is 39.6 Å². The Hall–Kier alpha value is -6.78. The molecule has 300 valence electrons. The lowest BCUT2D eigenvalue weighted by molar-refractivity contribution is 0.0293. The molecule has 0 spiro atoms. The molecule has 0 fully saturated rings. The number of aryl methyl sites for hydroxylation is 2. The maximum absolute atomic E-state index is 13.4. The second kappa shape index (κ2) is 16.0. The number of fused-ring (bicyclic) bond motifs is 6. The number of pyridine rings is 2. The summed E-state index contributed by atoms with van der Waals surface area (Å²) in [4.78, 5) is 66.1. The third-order valence-corrected chi connectivity index (χ3v) is 10.7. The van der Waals surface area contributed by atoms with Crippen molar-refractivity contribution in [3.63, 3.8) is 0 Å². The number of anilines is 2. The van der Waals surface area contributed by atoms with Gasteiger partial charge in [0.15, 0.2) is 12.5 Å². The van der Waals surface area contributed by atoms with Gasteiger partial charge in [-0.2, -0.15) is 0 Å². The van der Waals surface area contributed by atoms with Gasteiger partial charge in [0, 0.05) is 24.5 Å². The Morgan fingerprint density at radius 1 is 0.724 bits per heavy atom. The van der Waals surface area contributed by atoms with Crippen molar-refractivity contribution in [1.29, 1.82) is 0 Å². The SMILES string of the molecule is C=CCOC(=O)N1c2cc(O)c(C)cc2C(=O)N2Cc3ncccc3C[C@@H]2C1O.C=CCOC(=O)N1c2cc(O)c(C)cc2C(=O)N2Cc3ncccc3C[C@H]2C1O. The summed E-state index contributed by atoms with van der Waals surface area (Å²) in [5.74, 6) is -0.866. The number of amides is 4. The molecule has 0 saturated heterocycles. The number of aromatic hydroxyl groups is 2. The van der Waals surface area contributed by atoms with Crippen LogP contribution in [-0.2, 0) is 35.4 Å². The first-order chi connectivity index (χ1) is 27.8.